The third-order valence-corrected chi connectivity index (χ3v) is 7.47. The third kappa shape index (κ3) is 7.92. The molecule has 0 radical (unpaired) electrons. The first-order valence-electron chi connectivity index (χ1n) is 13.6. The lowest BCUT2D eigenvalue weighted by Crippen LogP contribution is -2.14. The number of anilines is 1. The van der Waals surface area contributed by atoms with Crippen LogP contribution in [0, 0.1) is 5.82 Å². The monoisotopic (exact) mass is 653 g/mol. The highest BCUT2D eigenvalue weighted by Gasteiger charge is 2.31. The van der Waals surface area contributed by atoms with E-state index in [2.05, 4.69) is 10.1 Å². The van der Waals surface area contributed by atoms with Gasteiger partial charge in [-0.2, -0.15) is 13.2 Å². The number of esters is 1. The smallest absolute Gasteiger partial charge is 0.416 e. The fourth-order valence-corrected chi connectivity index (χ4v) is 5.06. The van der Waals surface area contributed by atoms with Gasteiger partial charge in [-0.3, -0.25) is 4.79 Å². The maximum atomic E-state index is 14.4. The van der Waals surface area contributed by atoms with Crippen LogP contribution < -0.4 is 5.32 Å². The van der Waals surface area contributed by atoms with Crippen molar-refractivity contribution in [2.45, 2.75) is 12.7 Å². The van der Waals surface area contributed by atoms with Gasteiger partial charge in [-0.15, -0.1) is 0 Å². The molecule has 0 saturated carbocycles. The Bertz CT molecular complexity index is 1850. The molecule has 1 aromatic heterocycles. The Labute approximate surface area is 266 Å². The zero-order valence-corrected chi connectivity index (χ0v) is 25.2. The summed E-state index contributed by atoms with van der Waals surface area (Å²) in [6, 6.07) is 21.6. The lowest BCUT2D eigenvalue weighted by atomic mass is 10.0. The van der Waals surface area contributed by atoms with Crippen molar-refractivity contribution < 1.29 is 27.1 Å². The highest BCUT2D eigenvalue weighted by atomic mass is 35.5. The summed E-state index contributed by atoms with van der Waals surface area (Å²) in [5, 5.41) is 3.94. The molecule has 1 N–H and O–H groups in total. The predicted molar refractivity (Wildman–Crippen MR) is 169 cm³/mol. The minimum absolute atomic E-state index is 0.0490. The highest BCUT2D eigenvalue weighted by Crippen LogP contribution is 2.34. The first kappa shape index (κ1) is 31.8. The number of rotatable bonds is 9. The predicted octanol–water partition coefficient (Wildman–Crippen LogP) is 9.49. The molecule has 0 saturated heterocycles. The van der Waals surface area contributed by atoms with Gasteiger partial charge in [0, 0.05) is 34.6 Å². The second-order valence-electron chi connectivity index (χ2n) is 10.0. The van der Waals surface area contributed by atoms with Crippen molar-refractivity contribution in [1.29, 1.82) is 0 Å². The molecule has 0 atom stereocenters. The average Bonchev–Trinajstić information content (AvgIpc) is 3.41. The van der Waals surface area contributed by atoms with E-state index in [1.54, 1.807) is 54.6 Å². The number of carbonyl (C=O) groups excluding carboxylic acids is 1. The van der Waals surface area contributed by atoms with E-state index in [0.29, 0.717) is 39.2 Å². The summed E-state index contributed by atoms with van der Waals surface area (Å²) in [7, 11) is 1.33. The number of nitrogens with zero attached hydrogens (tertiary/aromatic N) is 2. The van der Waals surface area contributed by atoms with E-state index in [-0.39, 0.29) is 18.1 Å². The summed E-state index contributed by atoms with van der Waals surface area (Å²) < 4.78 is 60.5. The van der Waals surface area contributed by atoms with E-state index in [0.717, 1.165) is 35.0 Å². The van der Waals surface area contributed by atoms with Gasteiger partial charge in [-0.25, -0.2) is 9.37 Å². The van der Waals surface area contributed by atoms with Gasteiger partial charge in [0.1, 0.15) is 18.2 Å². The van der Waals surface area contributed by atoms with E-state index in [4.69, 9.17) is 28.2 Å². The maximum Gasteiger partial charge on any atom is 0.416 e. The highest BCUT2D eigenvalue weighted by molar-refractivity contribution is 6.36. The molecule has 5 aromatic rings. The fourth-order valence-electron chi connectivity index (χ4n) is 4.56. The number of hydrogen-bond acceptors (Lipinski definition) is 4. The van der Waals surface area contributed by atoms with Crippen LogP contribution in [0.25, 0.3) is 34.5 Å². The molecule has 0 aliphatic carbocycles. The Balaban J connectivity index is 1.41. The lowest BCUT2D eigenvalue weighted by molar-refractivity contribution is -0.139. The Morgan fingerprint density at radius 3 is 2.33 bits per heavy atom. The maximum absolute atomic E-state index is 14.4. The first-order chi connectivity index (χ1) is 21.5. The first-order valence-corrected chi connectivity index (χ1v) is 14.3. The summed E-state index contributed by atoms with van der Waals surface area (Å²) in [6.45, 7) is 0.510. The number of hydrogen-bond donors (Lipinski definition) is 1. The van der Waals surface area contributed by atoms with Crippen LogP contribution in [0.2, 0.25) is 10.0 Å². The van der Waals surface area contributed by atoms with Crippen LogP contribution in [-0.2, 0) is 22.3 Å². The van der Waals surface area contributed by atoms with Gasteiger partial charge in [0.05, 0.1) is 23.4 Å². The Kier molecular flexibility index (Phi) is 9.60. The molecule has 0 bridgehead atoms. The molecule has 1 heterocycles. The van der Waals surface area contributed by atoms with E-state index in [1.165, 1.54) is 7.11 Å². The van der Waals surface area contributed by atoms with Crippen LogP contribution in [-0.4, -0.2) is 29.2 Å². The Morgan fingerprint density at radius 1 is 0.933 bits per heavy atom. The van der Waals surface area contributed by atoms with Crippen molar-refractivity contribution in [3.05, 3.63) is 130 Å². The number of methoxy groups -OCH3 is 1. The van der Waals surface area contributed by atoms with Crippen molar-refractivity contribution in [1.82, 2.24) is 9.55 Å². The van der Waals surface area contributed by atoms with Crippen molar-refractivity contribution >= 4 is 47.0 Å². The lowest BCUT2D eigenvalue weighted by Gasteiger charge is -2.10. The quantitative estimate of drug-likeness (QED) is 0.127. The largest absolute Gasteiger partial charge is 0.468 e. The number of alkyl halides is 3. The van der Waals surface area contributed by atoms with E-state index >= 15 is 0 Å². The minimum Gasteiger partial charge on any atom is -0.468 e. The SMILES string of the molecule is COC(=O)CNc1ccc(Cn2cc(-c3ccc(Cl)cc3Cl)nc2C=Cc2ccc(-c3cc(C(F)(F)F)ccc3F)cc2)cc1. The molecule has 0 unspecified atom stereocenters. The van der Waals surface area contributed by atoms with Crippen LogP contribution >= 0.6 is 23.2 Å². The second kappa shape index (κ2) is 13.6. The Hall–Kier alpha value is -4.60. The van der Waals surface area contributed by atoms with E-state index in [1.807, 2.05) is 35.0 Å². The Morgan fingerprint density at radius 2 is 1.67 bits per heavy atom. The van der Waals surface area contributed by atoms with Crippen LogP contribution in [0.4, 0.5) is 23.2 Å². The topological polar surface area (TPSA) is 56.1 Å². The summed E-state index contributed by atoms with van der Waals surface area (Å²) >= 11 is 12.6. The van der Waals surface area contributed by atoms with Gasteiger partial charge in [0.25, 0.3) is 0 Å². The molecular weight excluding hydrogens is 629 g/mol. The summed E-state index contributed by atoms with van der Waals surface area (Å²) in [5.41, 5.74) is 3.05. The molecular formula is C34H25Cl2F4N3O2. The van der Waals surface area contributed by atoms with Gasteiger partial charge < -0.3 is 14.6 Å². The molecule has 5 rings (SSSR count). The number of aromatic nitrogens is 2. The summed E-state index contributed by atoms with van der Waals surface area (Å²) in [4.78, 5) is 16.2. The minimum atomic E-state index is -4.58. The van der Waals surface area contributed by atoms with E-state index < -0.39 is 17.6 Å². The molecule has 0 spiro atoms. The van der Waals surface area contributed by atoms with Crippen molar-refractivity contribution in [3.8, 4) is 22.4 Å². The van der Waals surface area contributed by atoms with Crippen molar-refractivity contribution in [2.24, 2.45) is 0 Å². The molecule has 4 aromatic carbocycles. The van der Waals surface area contributed by atoms with Gasteiger partial charge >= 0.3 is 12.1 Å². The zero-order chi connectivity index (χ0) is 32.1. The molecule has 0 amide bonds. The molecule has 0 aliphatic heterocycles. The average molecular weight is 654 g/mol. The molecule has 45 heavy (non-hydrogen) atoms. The fraction of sp³-hybridized carbons (Fsp3) is 0.118. The van der Waals surface area contributed by atoms with Crippen molar-refractivity contribution in [3.63, 3.8) is 0 Å². The zero-order valence-electron chi connectivity index (χ0n) is 23.7. The second-order valence-corrected chi connectivity index (χ2v) is 10.9. The van der Waals surface area contributed by atoms with E-state index in [9.17, 15) is 22.4 Å². The number of imidazole rings is 1. The molecule has 5 nitrogen and oxygen atoms in total. The van der Waals surface area contributed by atoms with Gasteiger partial charge in [-0.05, 0) is 71.3 Å². The summed E-state index contributed by atoms with van der Waals surface area (Å²) in [6.07, 6.45) is 0.904. The number of carbonyl (C=O) groups is 1. The molecule has 11 heteroatoms. The summed E-state index contributed by atoms with van der Waals surface area (Å²) in [5.74, 6) is -0.509. The standard InChI is InChI=1S/C34H25Cl2F4N3O2/c1-45-33(44)18-41-26-11-4-22(5-12-26)19-43-20-31(27-13-10-25(35)17-29(27)36)42-32(43)15-6-21-2-7-23(8-3-21)28-16-24(34(38,39)40)9-14-30(28)37/h2-17,20,41H,18-19H2,1H3. The number of halogens is 6. The van der Waals surface area contributed by atoms with Crippen LogP contribution in [0.1, 0.15) is 22.5 Å². The number of benzene rings is 4. The molecule has 230 valence electrons. The van der Waals surface area contributed by atoms with Gasteiger partial charge in [-0.1, -0.05) is 65.7 Å². The van der Waals surface area contributed by atoms with Gasteiger partial charge in [0.15, 0.2) is 0 Å². The van der Waals surface area contributed by atoms with Crippen molar-refractivity contribution in [2.75, 3.05) is 19.0 Å². The van der Waals surface area contributed by atoms with Crippen LogP contribution in [0.5, 0.6) is 0 Å². The normalized spacial score (nSPS) is 11.6. The molecule has 0 aliphatic rings. The van der Waals surface area contributed by atoms with Gasteiger partial charge in [0.2, 0.25) is 0 Å². The third-order valence-electron chi connectivity index (χ3n) is 6.93. The van der Waals surface area contributed by atoms with Crippen LogP contribution in [0.15, 0.2) is 91.1 Å². The van der Waals surface area contributed by atoms with Crippen LogP contribution in [0.3, 0.4) is 0 Å². The number of ether oxygens (including phenoxy) is 1. The number of nitrogens with one attached hydrogen (secondary N) is 1. The molecule has 0 fully saturated rings.